The summed E-state index contributed by atoms with van der Waals surface area (Å²) in [5.41, 5.74) is 2.10. The smallest absolute Gasteiger partial charge is 0.310 e. The SMILES string of the molecule is O=[N+]([O-])c1cnccc1Nc1ccc(Oc2cccc3c2C2(CC2)CO3)nc1. The van der Waals surface area contributed by atoms with Gasteiger partial charge in [0.15, 0.2) is 0 Å². The van der Waals surface area contributed by atoms with Gasteiger partial charge in [-0.25, -0.2) is 4.98 Å². The number of nitro groups is 1. The molecule has 2 aliphatic rings. The Morgan fingerprint density at radius 1 is 1.18 bits per heavy atom. The van der Waals surface area contributed by atoms with Crippen LogP contribution in [-0.4, -0.2) is 21.5 Å². The molecule has 8 nitrogen and oxygen atoms in total. The van der Waals surface area contributed by atoms with E-state index in [4.69, 9.17) is 9.47 Å². The molecule has 1 aliphatic heterocycles. The maximum Gasteiger partial charge on any atom is 0.310 e. The van der Waals surface area contributed by atoms with Crippen LogP contribution < -0.4 is 14.8 Å². The molecule has 1 aliphatic carbocycles. The summed E-state index contributed by atoms with van der Waals surface area (Å²) in [6.07, 6.45) is 6.50. The molecule has 0 bridgehead atoms. The third-order valence-corrected chi connectivity index (χ3v) is 5.10. The zero-order chi connectivity index (χ0) is 19.1. The van der Waals surface area contributed by atoms with Gasteiger partial charge in [0.25, 0.3) is 0 Å². The van der Waals surface area contributed by atoms with Crippen LogP contribution in [0.3, 0.4) is 0 Å². The minimum absolute atomic E-state index is 0.0996. The van der Waals surface area contributed by atoms with Crippen LogP contribution in [0.5, 0.6) is 17.4 Å². The molecular weight excluding hydrogens is 360 g/mol. The van der Waals surface area contributed by atoms with E-state index < -0.39 is 4.92 Å². The van der Waals surface area contributed by atoms with E-state index >= 15 is 0 Å². The first-order valence-electron chi connectivity index (χ1n) is 8.90. The molecule has 0 radical (unpaired) electrons. The lowest BCUT2D eigenvalue weighted by molar-refractivity contribution is -0.384. The molecule has 1 spiro atoms. The molecule has 140 valence electrons. The van der Waals surface area contributed by atoms with E-state index in [1.165, 1.54) is 12.4 Å². The van der Waals surface area contributed by atoms with Crippen molar-refractivity contribution in [3.05, 3.63) is 70.7 Å². The van der Waals surface area contributed by atoms with Crippen molar-refractivity contribution in [2.45, 2.75) is 18.3 Å². The summed E-state index contributed by atoms with van der Waals surface area (Å²) in [5, 5.41) is 14.1. The van der Waals surface area contributed by atoms with Gasteiger partial charge in [-0.15, -0.1) is 0 Å². The third kappa shape index (κ3) is 2.79. The van der Waals surface area contributed by atoms with Gasteiger partial charge in [0.2, 0.25) is 5.88 Å². The van der Waals surface area contributed by atoms with Crippen molar-refractivity contribution in [3.63, 3.8) is 0 Å². The van der Waals surface area contributed by atoms with Crippen molar-refractivity contribution in [1.82, 2.24) is 9.97 Å². The maximum absolute atomic E-state index is 11.1. The molecule has 0 unspecified atom stereocenters. The first-order valence-corrected chi connectivity index (χ1v) is 8.90. The standard InChI is InChI=1S/C20H16N4O4/c25-24(26)15-11-21-9-6-14(15)23-13-4-5-18(22-10-13)28-17-3-1-2-16-19(17)20(7-8-20)12-27-16/h1-6,9-11H,7-8,12H2,(H,21,23). The molecule has 1 saturated carbocycles. The molecular formula is C20H16N4O4. The number of ether oxygens (including phenoxy) is 2. The molecule has 5 rings (SSSR count). The second-order valence-corrected chi connectivity index (χ2v) is 6.96. The molecule has 2 aromatic heterocycles. The Kier molecular flexibility index (Phi) is 3.65. The maximum atomic E-state index is 11.1. The van der Waals surface area contributed by atoms with Gasteiger partial charge in [0.1, 0.15) is 23.4 Å². The summed E-state index contributed by atoms with van der Waals surface area (Å²) in [7, 11) is 0. The third-order valence-electron chi connectivity index (χ3n) is 5.10. The van der Waals surface area contributed by atoms with Crippen molar-refractivity contribution < 1.29 is 14.4 Å². The molecule has 3 heterocycles. The average Bonchev–Trinajstić information content (AvgIpc) is 3.39. The van der Waals surface area contributed by atoms with Crippen molar-refractivity contribution in [2.75, 3.05) is 11.9 Å². The summed E-state index contributed by atoms with van der Waals surface area (Å²) in [6.45, 7) is 0.712. The predicted molar refractivity (Wildman–Crippen MR) is 101 cm³/mol. The Morgan fingerprint density at radius 3 is 2.82 bits per heavy atom. The number of fused-ring (bicyclic) bond motifs is 2. The van der Waals surface area contributed by atoms with Crippen LogP contribution in [-0.2, 0) is 5.41 Å². The van der Waals surface area contributed by atoms with Crippen molar-refractivity contribution in [1.29, 1.82) is 0 Å². The van der Waals surface area contributed by atoms with E-state index in [0.717, 1.165) is 29.9 Å². The number of hydrogen-bond donors (Lipinski definition) is 1. The minimum atomic E-state index is -0.480. The molecule has 28 heavy (non-hydrogen) atoms. The fraction of sp³-hybridized carbons (Fsp3) is 0.200. The number of nitrogens with zero attached hydrogens (tertiary/aromatic N) is 3. The van der Waals surface area contributed by atoms with Crippen LogP contribution in [0.25, 0.3) is 0 Å². The van der Waals surface area contributed by atoms with Crippen LogP contribution in [0, 0.1) is 10.1 Å². The number of benzene rings is 1. The number of hydrogen-bond acceptors (Lipinski definition) is 7. The second kappa shape index (κ2) is 6.19. The number of rotatable bonds is 5. The van der Waals surface area contributed by atoms with E-state index in [9.17, 15) is 10.1 Å². The molecule has 3 aromatic rings. The van der Waals surface area contributed by atoms with Crippen molar-refractivity contribution >= 4 is 17.1 Å². The zero-order valence-electron chi connectivity index (χ0n) is 14.8. The van der Waals surface area contributed by atoms with E-state index in [1.54, 1.807) is 24.4 Å². The van der Waals surface area contributed by atoms with E-state index in [1.807, 2.05) is 18.2 Å². The Labute approximate surface area is 160 Å². The van der Waals surface area contributed by atoms with Crippen molar-refractivity contribution in [3.8, 4) is 17.4 Å². The largest absolute Gasteiger partial charge is 0.492 e. The Balaban J connectivity index is 1.36. The summed E-state index contributed by atoms with van der Waals surface area (Å²) >= 11 is 0. The first kappa shape index (κ1) is 16.5. The van der Waals surface area contributed by atoms with Crippen LogP contribution in [0.1, 0.15) is 18.4 Å². The number of nitrogens with one attached hydrogen (secondary N) is 1. The highest BCUT2D eigenvalue weighted by Crippen LogP contribution is 2.58. The van der Waals surface area contributed by atoms with E-state index in [0.29, 0.717) is 23.9 Å². The molecule has 0 atom stereocenters. The molecule has 0 saturated heterocycles. The van der Waals surface area contributed by atoms with Gasteiger partial charge in [0.05, 0.1) is 23.4 Å². The highest BCUT2D eigenvalue weighted by atomic mass is 16.6. The average molecular weight is 376 g/mol. The van der Waals surface area contributed by atoms with Gasteiger partial charge in [0, 0.05) is 23.2 Å². The number of aromatic nitrogens is 2. The fourth-order valence-corrected chi connectivity index (χ4v) is 3.49. The molecule has 0 amide bonds. The van der Waals surface area contributed by atoms with Crippen LogP contribution in [0.2, 0.25) is 0 Å². The van der Waals surface area contributed by atoms with E-state index in [2.05, 4.69) is 15.3 Å². The van der Waals surface area contributed by atoms with Crippen molar-refractivity contribution in [2.24, 2.45) is 0 Å². The molecule has 8 heteroatoms. The molecule has 1 aromatic carbocycles. The summed E-state index contributed by atoms with van der Waals surface area (Å²) in [5.74, 6) is 2.11. The topological polar surface area (TPSA) is 99.4 Å². The van der Waals surface area contributed by atoms with Gasteiger partial charge >= 0.3 is 5.69 Å². The Bertz CT molecular complexity index is 1060. The van der Waals surface area contributed by atoms with E-state index in [-0.39, 0.29) is 11.1 Å². The fourth-order valence-electron chi connectivity index (χ4n) is 3.49. The van der Waals surface area contributed by atoms with Gasteiger partial charge in [-0.1, -0.05) is 6.07 Å². The minimum Gasteiger partial charge on any atom is -0.492 e. The molecule has 1 N–H and O–H groups in total. The summed E-state index contributed by atoms with van der Waals surface area (Å²) < 4.78 is 11.8. The number of anilines is 2. The normalized spacial score (nSPS) is 15.6. The molecule has 1 fully saturated rings. The first-order chi connectivity index (χ1) is 13.6. The van der Waals surface area contributed by atoms with Gasteiger partial charge in [-0.2, -0.15) is 0 Å². The Hall–Kier alpha value is -3.68. The van der Waals surface area contributed by atoms with Gasteiger partial charge in [-0.05, 0) is 37.1 Å². The zero-order valence-corrected chi connectivity index (χ0v) is 14.8. The monoisotopic (exact) mass is 376 g/mol. The lowest BCUT2D eigenvalue weighted by Crippen LogP contribution is -2.08. The highest BCUT2D eigenvalue weighted by molar-refractivity contribution is 5.68. The second-order valence-electron chi connectivity index (χ2n) is 6.96. The quantitative estimate of drug-likeness (QED) is 0.522. The van der Waals surface area contributed by atoms with Crippen LogP contribution >= 0.6 is 0 Å². The number of pyridine rings is 2. The Morgan fingerprint density at radius 2 is 2.07 bits per heavy atom. The lowest BCUT2D eigenvalue weighted by Gasteiger charge is -2.12. The van der Waals surface area contributed by atoms with Gasteiger partial charge in [-0.3, -0.25) is 15.1 Å². The summed E-state index contributed by atoms with van der Waals surface area (Å²) in [4.78, 5) is 18.7. The summed E-state index contributed by atoms with van der Waals surface area (Å²) in [6, 6.07) is 10.8. The predicted octanol–water partition coefficient (Wildman–Crippen LogP) is 4.34. The van der Waals surface area contributed by atoms with Gasteiger partial charge < -0.3 is 14.8 Å². The van der Waals surface area contributed by atoms with Crippen LogP contribution in [0.4, 0.5) is 17.1 Å². The lowest BCUT2D eigenvalue weighted by atomic mass is 9.97. The van der Waals surface area contributed by atoms with Crippen LogP contribution in [0.15, 0.2) is 55.0 Å². The highest BCUT2D eigenvalue weighted by Gasteiger charge is 2.52.